The Hall–Kier alpha value is -0.540. The van der Waals surface area contributed by atoms with E-state index in [1.807, 2.05) is 7.05 Å². The van der Waals surface area contributed by atoms with Crippen molar-refractivity contribution in [1.82, 2.24) is 0 Å². The molecule has 0 amide bonds. The smallest absolute Gasteiger partial charge is 0.138 e. The van der Waals surface area contributed by atoms with Gasteiger partial charge in [0.25, 0.3) is 0 Å². The lowest BCUT2D eigenvalue weighted by Crippen LogP contribution is -1.91. The number of thiol groups is 1. The standard InChI is InChI=1S/C8H10ClNOS/c1-10-6-3-5(9)7(11-2)4-8(6)12/h3-4,10,12H,1-2H3. The van der Waals surface area contributed by atoms with E-state index in [0.717, 1.165) is 10.6 Å². The average molecular weight is 204 g/mol. The van der Waals surface area contributed by atoms with Gasteiger partial charge in [0.05, 0.1) is 12.1 Å². The Morgan fingerprint density at radius 3 is 2.67 bits per heavy atom. The second-order valence-electron chi connectivity index (χ2n) is 2.25. The van der Waals surface area contributed by atoms with Gasteiger partial charge in [0, 0.05) is 17.6 Å². The fourth-order valence-electron chi connectivity index (χ4n) is 0.899. The Balaban J connectivity index is 3.16. The fraction of sp³-hybridized carbons (Fsp3) is 0.250. The summed E-state index contributed by atoms with van der Waals surface area (Å²) in [6.07, 6.45) is 0. The monoisotopic (exact) mass is 203 g/mol. The summed E-state index contributed by atoms with van der Waals surface area (Å²) in [5.41, 5.74) is 0.893. The molecule has 0 aliphatic carbocycles. The van der Waals surface area contributed by atoms with Gasteiger partial charge in [-0.25, -0.2) is 0 Å². The number of rotatable bonds is 2. The second kappa shape index (κ2) is 3.92. The zero-order valence-corrected chi connectivity index (χ0v) is 8.54. The van der Waals surface area contributed by atoms with Crippen LogP contribution in [-0.2, 0) is 0 Å². The van der Waals surface area contributed by atoms with Gasteiger partial charge in [0.1, 0.15) is 5.75 Å². The number of halogens is 1. The highest BCUT2D eigenvalue weighted by molar-refractivity contribution is 7.80. The lowest BCUT2D eigenvalue weighted by Gasteiger charge is -2.08. The maximum absolute atomic E-state index is 5.88. The Kier molecular flexibility index (Phi) is 3.12. The molecule has 0 bridgehead atoms. The molecular formula is C8H10ClNOS. The lowest BCUT2D eigenvalue weighted by atomic mass is 10.3. The van der Waals surface area contributed by atoms with Crippen LogP contribution in [0.1, 0.15) is 0 Å². The zero-order chi connectivity index (χ0) is 9.14. The molecule has 0 aliphatic heterocycles. The zero-order valence-electron chi connectivity index (χ0n) is 6.89. The molecule has 2 nitrogen and oxygen atoms in total. The first-order chi connectivity index (χ1) is 5.69. The van der Waals surface area contributed by atoms with Gasteiger partial charge < -0.3 is 10.1 Å². The largest absolute Gasteiger partial charge is 0.495 e. The third kappa shape index (κ3) is 1.79. The van der Waals surface area contributed by atoms with E-state index in [9.17, 15) is 0 Å². The Morgan fingerprint density at radius 1 is 1.50 bits per heavy atom. The maximum Gasteiger partial charge on any atom is 0.138 e. The molecule has 4 heteroatoms. The highest BCUT2D eigenvalue weighted by Crippen LogP contribution is 2.32. The molecule has 1 aromatic rings. The molecule has 0 saturated heterocycles. The van der Waals surface area contributed by atoms with E-state index >= 15 is 0 Å². The summed E-state index contributed by atoms with van der Waals surface area (Å²) in [5.74, 6) is 0.640. The van der Waals surface area contributed by atoms with Crippen molar-refractivity contribution < 1.29 is 4.74 Å². The van der Waals surface area contributed by atoms with Crippen LogP contribution in [-0.4, -0.2) is 14.2 Å². The minimum Gasteiger partial charge on any atom is -0.495 e. The first-order valence-corrected chi connectivity index (χ1v) is 4.25. The van der Waals surface area contributed by atoms with Gasteiger partial charge in [-0.3, -0.25) is 0 Å². The Bertz CT molecular complexity index is 261. The average Bonchev–Trinajstić information content (AvgIpc) is 2.08. The number of methoxy groups -OCH3 is 1. The minimum absolute atomic E-state index is 0.583. The molecule has 0 aliphatic rings. The fourth-order valence-corrected chi connectivity index (χ4v) is 1.43. The predicted molar refractivity (Wildman–Crippen MR) is 54.8 cm³/mol. The first-order valence-electron chi connectivity index (χ1n) is 3.43. The summed E-state index contributed by atoms with van der Waals surface area (Å²) in [5, 5.41) is 3.55. The van der Waals surface area contributed by atoms with Gasteiger partial charge in [0.15, 0.2) is 0 Å². The molecule has 66 valence electrons. The van der Waals surface area contributed by atoms with Crippen molar-refractivity contribution in [2.75, 3.05) is 19.5 Å². The van der Waals surface area contributed by atoms with E-state index < -0.39 is 0 Å². The van der Waals surface area contributed by atoms with Crippen molar-refractivity contribution in [2.24, 2.45) is 0 Å². The normalized spacial score (nSPS) is 9.67. The van der Waals surface area contributed by atoms with E-state index in [4.69, 9.17) is 16.3 Å². The summed E-state index contributed by atoms with van der Waals surface area (Å²) >= 11 is 10.1. The molecule has 0 heterocycles. The van der Waals surface area contributed by atoms with Gasteiger partial charge in [-0.2, -0.15) is 0 Å². The molecule has 0 unspecified atom stereocenters. The van der Waals surface area contributed by atoms with Crippen LogP contribution in [0.5, 0.6) is 5.75 Å². The van der Waals surface area contributed by atoms with Crippen LogP contribution in [0, 0.1) is 0 Å². The summed E-state index contributed by atoms with van der Waals surface area (Å²) in [7, 11) is 3.39. The summed E-state index contributed by atoms with van der Waals surface area (Å²) in [6, 6.07) is 3.56. The SMILES string of the molecule is CNc1cc(Cl)c(OC)cc1S. The molecule has 0 spiro atoms. The van der Waals surface area contributed by atoms with Gasteiger partial charge >= 0.3 is 0 Å². The number of ether oxygens (including phenoxy) is 1. The van der Waals surface area contributed by atoms with Crippen molar-refractivity contribution in [3.8, 4) is 5.75 Å². The quantitative estimate of drug-likeness (QED) is 0.722. The van der Waals surface area contributed by atoms with Crippen LogP contribution in [0.4, 0.5) is 5.69 Å². The second-order valence-corrected chi connectivity index (χ2v) is 3.14. The van der Waals surface area contributed by atoms with Crippen LogP contribution in [0.25, 0.3) is 0 Å². The van der Waals surface area contributed by atoms with E-state index in [1.165, 1.54) is 0 Å². The third-order valence-corrected chi connectivity index (χ3v) is 2.20. The van der Waals surface area contributed by atoms with E-state index in [0.29, 0.717) is 10.8 Å². The number of nitrogens with one attached hydrogen (secondary N) is 1. The van der Waals surface area contributed by atoms with E-state index in [1.54, 1.807) is 19.2 Å². The number of anilines is 1. The molecule has 1 aromatic carbocycles. The van der Waals surface area contributed by atoms with Crippen LogP contribution in [0.3, 0.4) is 0 Å². The summed E-state index contributed by atoms with van der Waals surface area (Å²) < 4.78 is 5.02. The molecule has 0 fully saturated rings. The highest BCUT2D eigenvalue weighted by atomic mass is 35.5. The Labute approximate surface area is 82.3 Å². The molecule has 0 atom stereocenters. The molecule has 1 N–H and O–H groups in total. The maximum atomic E-state index is 5.88. The number of hydrogen-bond donors (Lipinski definition) is 2. The molecule has 12 heavy (non-hydrogen) atoms. The van der Waals surface area contributed by atoms with E-state index in [-0.39, 0.29) is 0 Å². The summed E-state index contributed by atoms with van der Waals surface area (Å²) in [4.78, 5) is 0.818. The minimum atomic E-state index is 0.583. The van der Waals surface area contributed by atoms with Gasteiger partial charge in [-0.05, 0) is 12.1 Å². The molecule has 1 rings (SSSR count). The van der Waals surface area contributed by atoms with Crippen molar-refractivity contribution in [2.45, 2.75) is 4.90 Å². The molecule has 0 saturated carbocycles. The van der Waals surface area contributed by atoms with Crippen molar-refractivity contribution in [1.29, 1.82) is 0 Å². The van der Waals surface area contributed by atoms with Crippen molar-refractivity contribution in [3.63, 3.8) is 0 Å². The Morgan fingerprint density at radius 2 is 2.17 bits per heavy atom. The topological polar surface area (TPSA) is 21.3 Å². The lowest BCUT2D eigenvalue weighted by molar-refractivity contribution is 0.414. The van der Waals surface area contributed by atoms with Gasteiger partial charge in [0.2, 0.25) is 0 Å². The van der Waals surface area contributed by atoms with Gasteiger partial charge in [-0.1, -0.05) is 11.6 Å². The molecule has 0 aromatic heterocycles. The van der Waals surface area contributed by atoms with Gasteiger partial charge in [-0.15, -0.1) is 12.6 Å². The number of hydrogen-bond acceptors (Lipinski definition) is 3. The third-order valence-electron chi connectivity index (χ3n) is 1.54. The first kappa shape index (κ1) is 9.55. The van der Waals surface area contributed by atoms with Crippen LogP contribution < -0.4 is 10.1 Å². The van der Waals surface area contributed by atoms with Crippen LogP contribution in [0.2, 0.25) is 5.02 Å². The van der Waals surface area contributed by atoms with Crippen molar-refractivity contribution >= 4 is 29.9 Å². The molecular weight excluding hydrogens is 194 g/mol. The molecule has 0 radical (unpaired) electrons. The van der Waals surface area contributed by atoms with Crippen LogP contribution in [0.15, 0.2) is 17.0 Å². The van der Waals surface area contributed by atoms with E-state index in [2.05, 4.69) is 17.9 Å². The number of benzene rings is 1. The van der Waals surface area contributed by atoms with Crippen LogP contribution >= 0.6 is 24.2 Å². The predicted octanol–water partition coefficient (Wildman–Crippen LogP) is 2.68. The highest BCUT2D eigenvalue weighted by Gasteiger charge is 2.04. The summed E-state index contributed by atoms with van der Waals surface area (Å²) in [6.45, 7) is 0. The van der Waals surface area contributed by atoms with Crippen molar-refractivity contribution in [3.05, 3.63) is 17.2 Å².